The molecule has 0 amide bonds. The van der Waals surface area contributed by atoms with Crippen LogP contribution >= 0.6 is 0 Å². The highest BCUT2D eigenvalue weighted by Crippen LogP contribution is 2.58. The molecule has 0 heterocycles. The van der Waals surface area contributed by atoms with Gasteiger partial charge in [0.1, 0.15) is 0 Å². The van der Waals surface area contributed by atoms with E-state index in [1.54, 1.807) is 12.1 Å². The fraction of sp³-hybridized carbons (Fsp3) is 0.676. The van der Waals surface area contributed by atoms with Crippen LogP contribution in [0.15, 0.2) is 59.5 Å². The summed E-state index contributed by atoms with van der Waals surface area (Å²) < 4.78 is 31.9. The maximum absolute atomic E-state index is 13.1. The van der Waals surface area contributed by atoms with Gasteiger partial charge in [-0.05, 0) is 82.4 Å². The summed E-state index contributed by atoms with van der Waals surface area (Å²) in [6.45, 7) is 23.8. The average Bonchev–Trinajstić information content (AvgIpc) is 2.90. The van der Waals surface area contributed by atoms with Gasteiger partial charge in [-0.2, -0.15) is 8.42 Å². The Morgan fingerprint density at radius 2 is 1.27 bits per heavy atom. The molecule has 0 bridgehead atoms. The molecule has 0 spiro atoms. The summed E-state index contributed by atoms with van der Waals surface area (Å²) >= 11 is 0. The first-order valence-electron chi connectivity index (χ1n) is 16.0. The van der Waals surface area contributed by atoms with Crippen LogP contribution in [-0.4, -0.2) is 14.5 Å². The van der Waals surface area contributed by atoms with E-state index in [9.17, 15) is 8.42 Å². The lowest BCUT2D eigenvalue weighted by Crippen LogP contribution is -2.42. The summed E-state index contributed by atoms with van der Waals surface area (Å²) in [6.07, 6.45) is 7.92. The van der Waals surface area contributed by atoms with E-state index in [-0.39, 0.29) is 38.6 Å². The Kier molecular flexibility index (Phi) is 10.7. The molecule has 0 aromatic heterocycles. The third kappa shape index (κ3) is 8.47. The molecule has 0 saturated heterocycles. The van der Waals surface area contributed by atoms with Crippen molar-refractivity contribution in [3.63, 3.8) is 0 Å². The predicted molar refractivity (Wildman–Crippen MR) is 174 cm³/mol. The van der Waals surface area contributed by atoms with Crippen LogP contribution in [-0.2, 0) is 14.3 Å². The van der Waals surface area contributed by atoms with Gasteiger partial charge >= 0.3 is 0 Å². The molecule has 2 atom stereocenters. The fourth-order valence-corrected chi connectivity index (χ4v) is 7.82. The third-order valence-corrected chi connectivity index (χ3v) is 12.0. The number of rotatable bonds is 12. The molecule has 1 fully saturated rings. The van der Waals surface area contributed by atoms with Crippen LogP contribution in [0.1, 0.15) is 144 Å². The second-order valence-corrected chi connectivity index (χ2v) is 17.4. The molecule has 3 rings (SSSR count). The molecule has 0 N–H and O–H groups in total. The standard InChI is InChI=1S/C37H58O3S/c1-11-35(5,6)32(28-18-14-12-15-19-28)27-36(7,8)37(9,10)33(26-34(2,3)4)29-22-24-31(25-23-29)41(38,39)40-30-20-16-13-17-21-30/h12,14-15,18-19,22-25,30,32-33H,11,13,16-17,20-21,26-27H2,1-10H3. The zero-order chi connectivity index (χ0) is 30.7. The van der Waals surface area contributed by atoms with Gasteiger partial charge in [-0.15, -0.1) is 0 Å². The summed E-state index contributed by atoms with van der Waals surface area (Å²) in [4.78, 5) is 0.271. The normalized spacial score (nSPS) is 17.8. The Balaban J connectivity index is 1.96. The summed E-state index contributed by atoms with van der Waals surface area (Å²) in [7, 11) is -3.77. The van der Waals surface area contributed by atoms with Gasteiger partial charge in [0, 0.05) is 0 Å². The highest BCUT2D eigenvalue weighted by Gasteiger charge is 2.47. The lowest BCUT2D eigenvalue weighted by molar-refractivity contribution is 0.0279. The number of hydrogen-bond donors (Lipinski definition) is 0. The second-order valence-electron chi connectivity index (χ2n) is 15.8. The molecule has 41 heavy (non-hydrogen) atoms. The summed E-state index contributed by atoms with van der Waals surface area (Å²) in [5, 5.41) is 0. The maximum Gasteiger partial charge on any atom is 0.297 e. The van der Waals surface area contributed by atoms with Gasteiger partial charge < -0.3 is 0 Å². The van der Waals surface area contributed by atoms with Crippen LogP contribution in [0.25, 0.3) is 0 Å². The van der Waals surface area contributed by atoms with Crippen molar-refractivity contribution in [1.82, 2.24) is 0 Å². The maximum atomic E-state index is 13.1. The SMILES string of the molecule is CCC(C)(C)C(CC(C)(C)C(C)(C)C(CC(C)(C)C)c1ccc(S(=O)(=O)OC2CCCCC2)cc1)c1ccccc1. The Bertz CT molecular complexity index is 1200. The summed E-state index contributed by atoms with van der Waals surface area (Å²) in [5.74, 6) is 0.692. The van der Waals surface area contributed by atoms with Crippen molar-refractivity contribution < 1.29 is 12.6 Å². The van der Waals surface area contributed by atoms with Gasteiger partial charge in [0.2, 0.25) is 0 Å². The van der Waals surface area contributed by atoms with Gasteiger partial charge in [-0.3, -0.25) is 4.18 Å². The van der Waals surface area contributed by atoms with Crippen molar-refractivity contribution in [1.29, 1.82) is 0 Å². The zero-order valence-electron chi connectivity index (χ0n) is 27.7. The molecule has 2 aromatic rings. The minimum absolute atomic E-state index is 0.00467. The van der Waals surface area contributed by atoms with Crippen LogP contribution in [0.5, 0.6) is 0 Å². The monoisotopic (exact) mass is 582 g/mol. The molecule has 1 aliphatic carbocycles. The molecule has 1 aliphatic rings. The van der Waals surface area contributed by atoms with Gasteiger partial charge in [0.05, 0.1) is 11.0 Å². The van der Waals surface area contributed by atoms with E-state index < -0.39 is 10.1 Å². The highest BCUT2D eigenvalue weighted by molar-refractivity contribution is 7.86. The minimum atomic E-state index is -3.77. The zero-order valence-corrected chi connectivity index (χ0v) is 28.5. The van der Waals surface area contributed by atoms with Gasteiger partial charge in [-0.25, -0.2) is 0 Å². The van der Waals surface area contributed by atoms with Crippen molar-refractivity contribution in [2.45, 2.75) is 143 Å². The van der Waals surface area contributed by atoms with E-state index in [0.717, 1.165) is 51.4 Å². The molecule has 0 radical (unpaired) electrons. The van der Waals surface area contributed by atoms with Crippen LogP contribution in [0.4, 0.5) is 0 Å². The van der Waals surface area contributed by atoms with Crippen LogP contribution in [0.2, 0.25) is 0 Å². The smallest absolute Gasteiger partial charge is 0.263 e. The first kappa shape index (κ1) is 33.8. The number of benzene rings is 2. The molecule has 2 unspecified atom stereocenters. The number of hydrogen-bond acceptors (Lipinski definition) is 3. The molecule has 4 heteroatoms. The molecule has 0 aliphatic heterocycles. The topological polar surface area (TPSA) is 43.4 Å². The largest absolute Gasteiger partial charge is 0.297 e. The molecule has 1 saturated carbocycles. The Morgan fingerprint density at radius 1 is 0.732 bits per heavy atom. The van der Waals surface area contributed by atoms with Crippen LogP contribution in [0, 0.1) is 21.7 Å². The van der Waals surface area contributed by atoms with Gasteiger partial charge in [0.25, 0.3) is 10.1 Å². The van der Waals surface area contributed by atoms with Crippen molar-refractivity contribution in [3.8, 4) is 0 Å². The Hall–Kier alpha value is -1.65. The quantitative estimate of drug-likeness (QED) is 0.234. The van der Waals surface area contributed by atoms with E-state index in [1.807, 2.05) is 0 Å². The van der Waals surface area contributed by atoms with E-state index in [1.165, 1.54) is 11.1 Å². The van der Waals surface area contributed by atoms with Crippen molar-refractivity contribution >= 4 is 10.1 Å². The van der Waals surface area contributed by atoms with Crippen molar-refractivity contribution in [2.24, 2.45) is 21.7 Å². The third-order valence-electron chi connectivity index (χ3n) is 10.6. The predicted octanol–water partition coefficient (Wildman–Crippen LogP) is 10.9. The van der Waals surface area contributed by atoms with Gasteiger partial charge in [-0.1, -0.05) is 137 Å². The first-order valence-corrected chi connectivity index (χ1v) is 17.4. The highest BCUT2D eigenvalue weighted by atomic mass is 32.2. The van der Waals surface area contributed by atoms with Crippen LogP contribution < -0.4 is 0 Å². The summed E-state index contributed by atoms with van der Waals surface area (Å²) in [5.41, 5.74) is 2.86. The lowest BCUT2D eigenvalue weighted by Gasteiger charge is -2.52. The Labute approximate surface area is 253 Å². The second kappa shape index (κ2) is 12.9. The first-order chi connectivity index (χ1) is 18.9. The van der Waals surface area contributed by atoms with E-state index >= 15 is 0 Å². The van der Waals surface area contributed by atoms with Crippen LogP contribution in [0.3, 0.4) is 0 Å². The Morgan fingerprint density at radius 3 is 1.78 bits per heavy atom. The van der Waals surface area contributed by atoms with Crippen molar-refractivity contribution in [3.05, 3.63) is 65.7 Å². The van der Waals surface area contributed by atoms with Gasteiger partial charge in [0.15, 0.2) is 0 Å². The van der Waals surface area contributed by atoms with E-state index in [2.05, 4.69) is 112 Å². The average molecular weight is 583 g/mol. The molecule has 3 nitrogen and oxygen atoms in total. The summed E-state index contributed by atoms with van der Waals surface area (Å²) in [6, 6.07) is 18.7. The molecule has 230 valence electrons. The molecular weight excluding hydrogens is 524 g/mol. The van der Waals surface area contributed by atoms with E-state index in [4.69, 9.17) is 4.18 Å². The molecular formula is C37H58O3S. The molecule has 2 aromatic carbocycles. The minimum Gasteiger partial charge on any atom is -0.263 e. The van der Waals surface area contributed by atoms with E-state index in [0.29, 0.717) is 5.92 Å². The van der Waals surface area contributed by atoms with Crippen molar-refractivity contribution in [2.75, 3.05) is 0 Å². The fourth-order valence-electron chi connectivity index (χ4n) is 6.69. The lowest BCUT2D eigenvalue weighted by atomic mass is 9.53.